The Labute approximate surface area is 110 Å². The lowest BCUT2D eigenvalue weighted by atomic mass is 10.1. The van der Waals surface area contributed by atoms with Crippen LogP contribution in [0.15, 0.2) is 24.3 Å². The van der Waals surface area contributed by atoms with Crippen LogP contribution in [0.2, 0.25) is 0 Å². The zero-order valence-corrected chi connectivity index (χ0v) is 10.6. The van der Waals surface area contributed by atoms with Crippen LogP contribution in [0.3, 0.4) is 0 Å². The van der Waals surface area contributed by atoms with Crippen LogP contribution in [0, 0.1) is 5.92 Å². The first kappa shape index (κ1) is 15.5. The topological polar surface area (TPSA) is 55.1 Å². The number of halogens is 3. The van der Waals surface area contributed by atoms with Crippen LogP contribution in [-0.4, -0.2) is 12.5 Å². The van der Waals surface area contributed by atoms with Gasteiger partial charge >= 0.3 is 6.18 Å². The van der Waals surface area contributed by atoms with Crippen molar-refractivity contribution < 1.29 is 18.0 Å². The molecule has 1 aromatic carbocycles. The Balaban J connectivity index is 2.48. The smallest absolute Gasteiger partial charge is 0.352 e. The SMILES string of the molecule is CC(CN)CC(=O)NCc1ccc(C(F)(F)F)cc1. The molecule has 0 aliphatic heterocycles. The van der Waals surface area contributed by atoms with E-state index >= 15 is 0 Å². The van der Waals surface area contributed by atoms with Crippen LogP contribution in [0.5, 0.6) is 0 Å². The first-order chi connectivity index (χ1) is 8.82. The molecule has 1 unspecified atom stereocenters. The summed E-state index contributed by atoms with van der Waals surface area (Å²) in [7, 11) is 0. The summed E-state index contributed by atoms with van der Waals surface area (Å²) in [5, 5.41) is 2.65. The number of benzene rings is 1. The van der Waals surface area contributed by atoms with Gasteiger partial charge in [-0.1, -0.05) is 19.1 Å². The fourth-order valence-electron chi connectivity index (χ4n) is 1.48. The van der Waals surface area contributed by atoms with E-state index in [1.54, 1.807) is 0 Å². The summed E-state index contributed by atoms with van der Waals surface area (Å²) in [5.74, 6) is -0.0644. The van der Waals surface area contributed by atoms with E-state index in [9.17, 15) is 18.0 Å². The second kappa shape index (κ2) is 6.56. The summed E-state index contributed by atoms with van der Waals surface area (Å²) in [4.78, 5) is 11.5. The zero-order chi connectivity index (χ0) is 14.5. The molecule has 0 aromatic heterocycles. The monoisotopic (exact) mass is 274 g/mol. The maximum absolute atomic E-state index is 12.3. The van der Waals surface area contributed by atoms with E-state index in [0.717, 1.165) is 12.1 Å². The van der Waals surface area contributed by atoms with Crippen LogP contribution in [0.1, 0.15) is 24.5 Å². The standard InChI is InChI=1S/C13H17F3N2O/c1-9(7-17)6-12(19)18-8-10-2-4-11(5-3-10)13(14,15)16/h2-5,9H,6-8,17H2,1H3,(H,18,19). The number of carbonyl (C=O) groups excluding carboxylic acids is 1. The van der Waals surface area contributed by atoms with Crippen LogP contribution in [0.4, 0.5) is 13.2 Å². The molecule has 3 N–H and O–H groups in total. The van der Waals surface area contributed by atoms with E-state index in [0.29, 0.717) is 18.5 Å². The highest BCUT2D eigenvalue weighted by atomic mass is 19.4. The van der Waals surface area contributed by atoms with Crippen LogP contribution in [0.25, 0.3) is 0 Å². The minimum atomic E-state index is -4.33. The normalized spacial score (nSPS) is 13.1. The van der Waals surface area contributed by atoms with Gasteiger partial charge in [-0.25, -0.2) is 0 Å². The van der Waals surface area contributed by atoms with E-state index in [2.05, 4.69) is 5.32 Å². The summed E-state index contributed by atoms with van der Waals surface area (Å²) < 4.78 is 37.0. The minimum absolute atomic E-state index is 0.0904. The lowest BCUT2D eigenvalue weighted by Gasteiger charge is -2.10. The zero-order valence-electron chi connectivity index (χ0n) is 10.6. The molecule has 0 aliphatic carbocycles. The van der Waals surface area contributed by atoms with Crippen molar-refractivity contribution in [2.24, 2.45) is 11.7 Å². The Morgan fingerprint density at radius 1 is 1.32 bits per heavy atom. The summed E-state index contributed by atoms with van der Waals surface area (Å²) in [6, 6.07) is 4.72. The molecule has 0 saturated carbocycles. The Kier molecular flexibility index (Phi) is 5.35. The Morgan fingerprint density at radius 3 is 2.37 bits per heavy atom. The molecule has 3 nitrogen and oxygen atoms in total. The highest BCUT2D eigenvalue weighted by Crippen LogP contribution is 2.28. The number of hydrogen-bond acceptors (Lipinski definition) is 2. The van der Waals surface area contributed by atoms with Gasteiger partial charge in [-0.3, -0.25) is 4.79 Å². The molecule has 106 valence electrons. The molecular weight excluding hydrogens is 257 g/mol. The number of nitrogens with one attached hydrogen (secondary N) is 1. The highest BCUT2D eigenvalue weighted by Gasteiger charge is 2.29. The van der Waals surface area contributed by atoms with E-state index in [4.69, 9.17) is 5.73 Å². The van der Waals surface area contributed by atoms with Crippen molar-refractivity contribution in [3.8, 4) is 0 Å². The van der Waals surface area contributed by atoms with Crippen LogP contribution in [-0.2, 0) is 17.5 Å². The van der Waals surface area contributed by atoms with Crippen LogP contribution >= 0.6 is 0 Å². The van der Waals surface area contributed by atoms with E-state index in [1.807, 2.05) is 6.92 Å². The maximum Gasteiger partial charge on any atom is 0.416 e. The van der Waals surface area contributed by atoms with E-state index in [1.165, 1.54) is 12.1 Å². The van der Waals surface area contributed by atoms with Gasteiger partial charge in [0.15, 0.2) is 0 Å². The number of nitrogens with two attached hydrogens (primary N) is 1. The third-order valence-corrected chi connectivity index (χ3v) is 2.71. The molecule has 1 aromatic rings. The third-order valence-electron chi connectivity index (χ3n) is 2.71. The predicted octanol–water partition coefficient (Wildman–Crippen LogP) is 2.31. The van der Waals surface area contributed by atoms with E-state index in [-0.39, 0.29) is 18.4 Å². The third kappa shape index (κ3) is 5.30. The molecule has 0 aliphatic rings. The molecule has 1 rings (SSSR count). The van der Waals surface area contributed by atoms with Gasteiger partial charge in [0.2, 0.25) is 5.91 Å². The average Bonchev–Trinajstić information content (AvgIpc) is 2.35. The van der Waals surface area contributed by atoms with Gasteiger partial charge in [-0.05, 0) is 30.2 Å². The average molecular weight is 274 g/mol. The van der Waals surface area contributed by atoms with Gasteiger partial charge in [-0.15, -0.1) is 0 Å². The van der Waals surface area contributed by atoms with Gasteiger partial charge < -0.3 is 11.1 Å². The lowest BCUT2D eigenvalue weighted by molar-refractivity contribution is -0.137. The molecule has 1 amide bonds. The molecule has 0 heterocycles. The molecule has 6 heteroatoms. The Hall–Kier alpha value is -1.56. The predicted molar refractivity (Wildman–Crippen MR) is 66.1 cm³/mol. The van der Waals surface area contributed by atoms with Crippen molar-refractivity contribution in [3.05, 3.63) is 35.4 Å². The lowest BCUT2D eigenvalue weighted by Crippen LogP contribution is -2.26. The summed E-state index contributed by atoms with van der Waals surface area (Å²) >= 11 is 0. The number of amides is 1. The van der Waals surface area contributed by atoms with Gasteiger partial charge in [0.05, 0.1) is 5.56 Å². The van der Waals surface area contributed by atoms with Crippen molar-refractivity contribution >= 4 is 5.91 Å². The molecule has 0 saturated heterocycles. The van der Waals surface area contributed by atoms with Crippen LogP contribution < -0.4 is 11.1 Å². The van der Waals surface area contributed by atoms with E-state index < -0.39 is 11.7 Å². The summed E-state index contributed by atoms with van der Waals surface area (Å²) in [6.07, 6.45) is -4.02. The number of alkyl halides is 3. The fraction of sp³-hybridized carbons (Fsp3) is 0.462. The van der Waals surface area contributed by atoms with Gasteiger partial charge in [0, 0.05) is 13.0 Å². The van der Waals surface area contributed by atoms with Crippen molar-refractivity contribution in [2.75, 3.05) is 6.54 Å². The van der Waals surface area contributed by atoms with Gasteiger partial charge in [-0.2, -0.15) is 13.2 Å². The molecule has 0 fully saturated rings. The first-order valence-electron chi connectivity index (χ1n) is 5.96. The second-order valence-electron chi connectivity index (χ2n) is 4.52. The molecule has 1 atom stereocenters. The Bertz CT molecular complexity index is 415. The molecule has 19 heavy (non-hydrogen) atoms. The fourth-order valence-corrected chi connectivity index (χ4v) is 1.48. The van der Waals surface area contributed by atoms with Gasteiger partial charge in [0.25, 0.3) is 0 Å². The number of carbonyl (C=O) groups is 1. The molecular formula is C13H17F3N2O. The quantitative estimate of drug-likeness (QED) is 0.865. The minimum Gasteiger partial charge on any atom is -0.352 e. The largest absolute Gasteiger partial charge is 0.416 e. The number of rotatable bonds is 5. The molecule has 0 bridgehead atoms. The summed E-state index contributed by atoms with van der Waals surface area (Å²) in [5.41, 5.74) is 5.33. The van der Waals surface area contributed by atoms with Crippen molar-refractivity contribution in [1.82, 2.24) is 5.32 Å². The van der Waals surface area contributed by atoms with Crippen molar-refractivity contribution in [1.29, 1.82) is 0 Å². The van der Waals surface area contributed by atoms with Crippen molar-refractivity contribution in [2.45, 2.75) is 26.1 Å². The highest BCUT2D eigenvalue weighted by molar-refractivity contribution is 5.76. The Morgan fingerprint density at radius 2 is 1.89 bits per heavy atom. The first-order valence-corrected chi connectivity index (χ1v) is 5.96. The maximum atomic E-state index is 12.3. The second-order valence-corrected chi connectivity index (χ2v) is 4.52. The summed E-state index contributed by atoms with van der Waals surface area (Å²) in [6.45, 7) is 2.50. The van der Waals surface area contributed by atoms with Gasteiger partial charge in [0.1, 0.15) is 0 Å². The van der Waals surface area contributed by atoms with Crippen molar-refractivity contribution in [3.63, 3.8) is 0 Å². The molecule has 0 spiro atoms. The number of hydrogen-bond donors (Lipinski definition) is 2. The molecule has 0 radical (unpaired) electrons.